The van der Waals surface area contributed by atoms with E-state index in [0.29, 0.717) is 43.8 Å². The van der Waals surface area contributed by atoms with E-state index in [9.17, 15) is 14.4 Å². The van der Waals surface area contributed by atoms with E-state index in [1.807, 2.05) is 4.90 Å². The SMILES string of the molecule is CCOC(=O)c1ccc(NC(=O)C2CCN(C(=O)C3CC3)CC2)cc1. The molecule has 1 aromatic carbocycles. The monoisotopic (exact) mass is 344 g/mol. The number of carbonyl (C=O) groups excluding carboxylic acids is 3. The second-order valence-electron chi connectivity index (χ2n) is 6.66. The van der Waals surface area contributed by atoms with Gasteiger partial charge in [-0.2, -0.15) is 0 Å². The number of likely N-dealkylation sites (tertiary alicyclic amines) is 1. The molecule has 2 amide bonds. The minimum absolute atomic E-state index is 0.0256. The van der Waals surface area contributed by atoms with Gasteiger partial charge in [0.05, 0.1) is 12.2 Å². The van der Waals surface area contributed by atoms with Crippen molar-refractivity contribution < 1.29 is 19.1 Å². The van der Waals surface area contributed by atoms with Gasteiger partial charge in [0.15, 0.2) is 0 Å². The lowest BCUT2D eigenvalue weighted by Crippen LogP contribution is -2.42. The number of esters is 1. The summed E-state index contributed by atoms with van der Waals surface area (Å²) in [7, 11) is 0. The van der Waals surface area contributed by atoms with Crippen molar-refractivity contribution in [2.24, 2.45) is 11.8 Å². The van der Waals surface area contributed by atoms with Crippen molar-refractivity contribution in [3.63, 3.8) is 0 Å². The van der Waals surface area contributed by atoms with E-state index in [-0.39, 0.29) is 29.6 Å². The van der Waals surface area contributed by atoms with Crippen molar-refractivity contribution in [2.75, 3.05) is 25.0 Å². The van der Waals surface area contributed by atoms with Crippen LogP contribution < -0.4 is 5.32 Å². The van der Waals surface area contributed by atoms with E-state index in [1.54, 1.807) is 31.2 Å². The zero-order valence-corrected chi connectivity index (χ0v) is 14.5. The van der Waals surface area contributed by atoms with Gasteiger partial charge in [0.25, 0.3) is 0 Å². The highest BCUT2D eigenvalue weighted by atomic mass is 16.5. The predicted molar refractivity (Wildman–Crippen MR) is 93.1 cm³/mol. The molecule has 0 unspecified atom stereocenters. The number of nitrogens with one attached hydrogen (secondary N) is 1. The van der Waals surface area contributed by atoms with Gasteiger partial charge in [-0.15, -0.1) is 0 Å². The molecule has 0 spiro atoms. The first kappa shape index (κ1) is 17.5. The van der Waals surface area contributed by atoms with Crippen LogP contribution in [-0.4, -0.2) is 42.4 Å². The molecular formula is C19H24N2O4. The van der Waals surface area contributed by atoms with Crippen LogP contribution in [0.4, 0.5) is 5.69 Å². The van der Waals surface area contributed by atoms with E-state index < -0.39 is 0 Å². The lowest BCUT2D eigenvalue weighted by Gasteiger charge is -2.31. The third-order valence-corrected chi connectivity index (χ3v) is 4.77. The van der Waals surface area contributed by atoms with Crippen LogP contribution >= 0.6 is 0 Å². The first-order valence-corrected chi connectivity index (χ1v) is 8.95. The van der Waals surface area contributed by atoms with Crippen molar-refractivity contribution in [3.8, 4) is 0 Å². The number of hydrogen-bond donors (Lipinski definition) is 1. The normalized spacial score (nSPS) is 17.9. The van der Waals surface area contributed by atoms with E-state index in [1.165, 1.54) is 0 Å². The Kier molecular flexibility index (Phi) is 5.36. The van der Waals surface area contributed by atoms with Gasteiger partial charge in [-0.05, 0) is 56.9 Å². The van der Waals surface area contributed by atoms with E-state index in [4.69, 9.17) is 4.74 Å². The van der Waals surface area contributed by atoms with Crippen molar-refractivity contribution in [2.45, 2.75) is 32.6 Å². The van der Waals surface area contributed by atoms with E-state index in [2.05, 4.69) is 5.32 Å². The molecule has 1 heterocycles. The molecule has 1 N–H and O–H groups in total. The maximum absolute atomic E-state index is 12.4. The van der Waals surface area contributed by atoms with Crippen LogP contribution in [0.3, 0.4) is 0 Å². The lowest BCUT2D eigenvalue weighted by atomic mass is 9.95. The molecule has 6 heteroatoms. The number of carbonyl (C=O) groups is 3. The summed E-state index contributed by atoms with van der Waals surface area (Å²) in [5.74, 6) is 0.0279. The lowest BCUT2D eigenvalue weighted by molar-refractivity contribution is -0.135. The van der Waals surface area contributed by atoms with Crippen molar-refractivity contribution in [1.82, 2.24) is 4.90 Å². The molecule has 1 saturated carbocycles. The Hall–Kier alpha value is -2.37. The zero-order chi connectivity index (χ0) is 17.8. The number of piperidine rings is 1. The fourth-order valence-corrected chi connectivity index (χ4v) is 3.10. The third kappa shape index (κ3) is 4.38. The van der Waals surface area contributed by atoms with Crippen molar-refractivity contribution in [3.05, 3.63) is 29.8 Å². The van der Waals surface area contributed by atoms with Crippen molar-refractivity contribution >= 4 is 23.5 Å². The maximum atomic E-state index is 12.4. The largest absolute Gasteiger partial charge is 0.462 e. The van der Waals surface area contributed by atoms with Gasteiger partial charge in [0.2, 0.25) is 11.8 Å². The number of nitrogens with zero attached hydrogens (tertiary/aromatic N) is 1. The Morgan fingerprint density at radius 2 is 1.68 bits per heavy atom. The van der Waals surface area contributed by atoms with Crippen LogP contribution in [0.15, 0.2) is 24.3 Å². The minimum atomic E-state index is -0.368. The van der Waals surface area contributed by atoms with Crippen LogP contribution in [0, 0.1) is 11.8 Å². The highest BCUT2D eigenvalue weighted by Gasteiger charge is 2.35. The first-order chi connectivity index (χ1) is 12.1. The van der Waals surface area contributed by atoms with Crippen molar-refractivity contribution in [1.29, 1.82) is 0 Å². The molecule has 25 heavy (non-hydrogen) atoms. The van der Waals surface area contributed by atoms with Gasteiger partial charge in [0.1, 0.15) is 0 Å². The molecule has 134 valence electrons. The molecule has 0 radical (unpaired) electrons. The molecule has 6 nitrogen and oxygen atoms in total. The molecule has 2 aliphatic rings. The molecular weight excluding hydrogens is 320 g/mol. The quantitative estimate of drug-likeness (QED) is 0.833. The average Bonchev–Trinajstić information content (AvgIpc) is 3.47. The first-order valence-electron chi connectivity index (χ1n) is 8.95. The summed E-state index contributed by atoms with van der Waals surface area (Å²) >= 11 is 0. The minimum Gasteiger partial charge on any atom is -0.462 e. The number of rotatable bonds is 5. The number of hydrogen-bond acceptors (Lipinski definition) is 4. The summed E-state index contributed by atoms with van der Waals surface area (Å²) in [6, 6.07) is 6.70. The summed E-state index contributed by atoms with van der Waals surface area (Å²) in [6.07, 6.45) is 3.43. The molecule has 3 rings (SSSR count). The Morgan fingerprint density at radius 1 is 1.04 bits per heavy atom. The van der Waals surface area contributed by atoms with Gasteiger partial charge in [-0.25, -0.2) is 4.79 Å². The number of ether oxygens (including phenoxy) is 1. The molecule has 0 atom stereocenters. The topological polar surface area (TPSA) is 75.7 Å². The Labute approximate surface area is 147 Å². The van der Waals surface area contributed by atoms with Crippen LogP contribution in [0.5, 0.6) is 0 Å². The van der Waals surface area contributed by atoms with Gasteiger partial charge in [-0.3, -0.25) is 9.59 Å². The number of benzene rings is 1. The molecule has 1 aliphatic carbocycles. The summed E-state index contributed by atoms with van der Waals surface area (Å²) in [4.78, 5) is 38.0. The predicted octanol–water partition coefficient (Wildman–Crippen LogP) is 2.45. The summed E-state index contributed by atoms with van der Waals surface area (Å²) in [6.45, 7) is 3.42. The van der Waals surface area contributed by atoms with Crippen LogP contribution in [-0.2, 0) is 14.3 Å². The van der Waals surface area contributed by atoms with Crippen LogP contribution in [0.2, 0.25) is 0 Å². The average molecular weight is 344 g/mol. The van der Waals surface area contributed by atoms with Crippen LogP contribution in [0.1, 0.15) is 43.0 Å². The Morgan fingerprint density at radius 3 is 2.24 bits per heavy atom. The second-order valence-corrected chi connectivity index (χ2v) is 6.66. The van der Waals surface area contributed by atoms with Gasteiger partial charge in [0, 0.05) is 30.6 Å². The van der Waals surface area contributed by atoms with Crippen LogP contribution in [0.25, 0.3) is 0 Å². The maximum Gasteiger partial charge on any atom is 0.338 e. The standard InChI is InChI=1S/C19H24N2O4/c1-2-25-19(24)15-5-7-16(8-6-15)20-17(22)13-9-11-21(12-10-13)18(23)14-3-4-14/h5-8,13-14H,2-4,9-12H2,1H3,(H,20,22). The highest BCUT2D eigenvalue weighted by Crippen LogP contribution is 2.32. The van der Waals surface area contributed by atoms with Gasteiger partial charge in [-0.1, -0.05) is 0 Å². The molecule has 0 bridgehead atoms. The highest BCUT2D eigenvalue weighted by molar-refractivity contribution is 5.94. The summed E-state index contributed by atoms with van der Waals surface area (Å²) in [5.41, 5.74) is 1.13. The van der Waals surface area contributed by atoms with Gasteiger partial charge >= 0.3 is 5.97 Å². The Bertz CT molecular complexity index is 644. The number of amides is 2. The molecule has 2 fully saturated rings. The smallest absolute Gasteiger partial charge is 0.338 e. The fourth-order valence-electron chi connectivity index (χ4n) is 3.10. The molecule has 1 saturated heterocycles. The third-order valence-electron chi connectivity index (χ3n) is 4.77. The fraction of sp³-hybridized carbons (Fsp3) is 0.526. The Balaban J connectivity index is 1.49. The number of anilines is 1. The summed E-state index contributed by atoms with van der Waals surface area (Å²) < 4.78 is 4.94. The molecule has 0 aromatic heterocycles. The zero-order valence-electron chi connectivity index (χ0n) is 14.5. The van der Waals surface area contributed by atoms with Gasteiger partial charge < -0.3 is 15.0 Å². The van der Waals surface area contributed by atoms with E-state index in [0.717, 1.165) is 12.8 Å². The summed E-state index contributed by atoms with van der Waals surface area (Å²) in [5, 5.41) is 2.89. The second kappa shape index (κ2) is 7.68. The molecule has 1 aromatic rings. The van der Waals surface area contributed by atoms with E-state index >= 15 is 0 Å². The molecule has 1 aliphatic heterocycles.